The fourth-order valence-electron chi connectivity index (χ4n) is 2.27. The highest BCUT2D eigenvalue weighted by Gasteiger charge is 2.34. The highest BCUT2D eigenvalue weighted by molar-refractivity contribution is 6.30. The smallest absolute Gasteiger partial charge is 0.418 e. The van der Waals surface area contributed by atoms with Crippen molar-refractivity contribution in [2.75, 3.05) is 5.32 Å². The SMILES string of the molecule is Cc1ccc(O[C@@H](C)C(=O)Nc2ccc(Cl)cc2C(F)(F)F)c(C)c1. The molecule has 0 heterocycles. The molecule has 0 aliphatic heterocycles. The van der Waals surface area contributed by atoms with Crippen molar-refractivity contribution in [2.45, 2.75) is 33.1 Å². The maximum atomic E-state index is 13.1. The Morgan fingerprint density at radius 1 is 1.16 bits per heavy atom. The largest absolute Gasteiger partial charge is 0.481 e. The van der Waals surface area contributed by atoms with E-state index in [0.29, 0.717) is 5.75 Å². The Hall–Kier alpha value is -2.21. The van der Waals surface area contributed by atoms with Gasteiger partial charge in [0.25, 0.3) is 5.91 Å². The van der Waals surface area contributed by atoms with E-state index >= 15 is 0 Å². The number of anilines is 1. The normalized spacial score (nSPS) is 12.6. The molecule has 1 atom stereocenters. The Morgan fingerprint density at radius 2 is 1.84 bits per heavy atom. The van der Waals surface area contributed by atoms with Gasteiger partial charge in [-0.1, -0.05) is 29.3 Å². The summed E-state index contributed by atoms with van der Waals surface area (Å²) in [5, 5.41) is 2.19. The van der Waals surface area contributed by atoms with Crippen molar-refractivity contribution >= 4 is 23.2 Å². The molecule has 1 amide bonds. The topological polar surface area (TPSA) is 38.3 Å². The molecular formula is C18H17ClF3NO2. The van der Waals surface area contributed by atoms with Crippen LogP contribution in [-0.4, -0.2) is 12.0 Å². The number of halogens is 4. The van der Waals surface area contributed by atoms with Gasteiger partial charge in [-0.25, -0.2) is 0 Å². The zero-order chi connectivity index (χ0) is 18.8. The van der Waals surface area contributed by atoms with E-state index in [1.807, 2.05) is 26.0 Å². The fraction of sp³-hybridized carbons (Fsp3) is 0.278. The number of ether oxygens (including phenoxy) is 1. The molecule has 1 N–H and O–H groups in total. The second-order valence-electron chi connectivity index (χ2n) is 5.71. The van der Waals surface area contributed by atoms with Crippen molar-refractivity contribution in [2.24, 2.45) is 0 Å². The predicted molar refractivity (Wildman–Crippen MR) is 91.1 cm³/mol. The second kappa shape index (κ2) is 7.35. The molecule has 7 heteroatoms. The molecule has 0 spiro atoms. The average Bonchev–Trinajstić information content (AvgIpc) is 2.50. The molecule has 25 heavy (non-hydrogen) atoms. The Morgan fingerprint density at radius 3 is 2.44 bits per heavy atom. The molecular weight excluding hydrogens is 355 g/mol. The van der Waals surface area contributed by atoms with E-state index < -0.39 is 23.8 Å². The summed E-state index contributed by atoms with van der Waals surface area (Å²) in [5.74, 6) is -0.187. The molecule has 2 aromatic rings. The number of benzene rings is 2. The molecule has 0 radical (unpaired) electrons. The number of hydrogen-bond donors (Lipinski definition) is 1. The molecule has 3 nitrogen and oxygen atoms in total. The van der Waals surface area contributed by atoms with Crippen molar-refractivity contribution < 1.29 is 22.7 Å². The van der Waals surface area contributed by atoms with Crippen LogP contribution in [0.1, 0.15) is 23.6 Å². The molecule has 0 aliphatic rings. The van der Waals surface area contributed by atoms with Gasteiger partial charge in [-0.2, -0.15) is 13.2 Å². The van der Waals surface area contributed by atoms with E-state index in [1.165, 1.54) is 13.0 Å². The summed E-state index contributed by atoms with van der Waals surface area (Å²) in [4.78, 5) is 12.2. The monoisotopic (exact) mass is 371 g/mol. The Kier molecular flexibility index (Phi) is 5.62. The summed E-state index contributed by atoms with van der Waals surface area (Å²) in [6.45, 7) is 5.22. The minimum Gasteiger partial charge on any atom is -0.481 e. The van der Waals surface area contributed by atoms with Crippen molar-refractivity contribution in [1.29, 1.82) is 0 Å². The van der Waals surface area contributed by atoms with Crippen LogP contribution in [0.2, 0.25) is 5.02 Å². The van der Waals surface area contributed by atoms with Crippen LogP contribution in [0.25, 0.3) is 0 Å². The fourth-order valence-corrected chi connectivity index (χ4v) is 2.44. The minimum atomic E-state index is -4.63. The molecule has 0 aliphatic carbocycles. The number of carbonyl (C=O) groups is 1. The molecule has 0 saturated carbocycles. The lowest BCUT2D eigenvalue weighted by Crippen LogP contribution is -2.31. The lowest BCUT2D eigenvalue weighted by atomic mass is 10.1. The standard InChI is InChI=1S/C18H17ClF3NO2/c1-10-4-7-16(11(2)8-10)25-12(3)17(24)23-15-6-5-13(19)9-14(15)18(20,21)22/h4-9,12H,1-3H3,(H,23,24)/t12-/m0/s1. The first kappa shape index (κ1) is 19.1. The van der Waals surface area contributed by atoms with Crippen LogP contribution in [0.15, 0.2) is 36.4 Å². The van der Waals surface area contributed by atoms with Crippen LogP contribution >= 0.6 is 11.6 Å². The van der Waals surface area contributed by atoms with Crippen LogP contribution in [-0.2, 0) is 11.0 Å². The first-order valence-electron chi connectivity index (χ1n) is 7.49. The van der Waals surface area contributed by atoms with Crippen LogP contribution in [0.3, 0.4) is 0 Å². The number of amides is 1. The van der Waals surface area contributed by atoms with Gasteiger partial charge in [-0.15, -0.1) is 0 Å². The highest BCUT2D eigenvalue weighted by Crippen LogP contribution is 2.36. The number of hydrogen-bond acceptors (Lipinski definition) is 2. The third-order valence-corrected chi connectivity index (χ3v) is 3.78. The van der Waals surface area contributed by atoms with Crippen molar-refractivity contribution in [3.8, 4) is 5.75 Å². The summed E-state index contributed by atoms with van der Waals surface area (Å²) in [7, 11) is 0. The van der Waals surface area contributed by atoms with Gasteiger partial charge in [0.2, 0.25) is 0 Å². The van der Waals surface area contributed by atoms with Crippen molar-refractivity contribution in [1.82, 2.24) is 0 Å². The number of nitrogens with one attached hydrogen (secondary N) is 1. The third-order valence-electron chi connectivity index (χ3n) is 3.55. The van der Waals surface area contributed by atoms with Crippen LogP contribution in [0.4, 0.5) is 18.9 Å². The van der Waals surface area contributed by atoms with Gasteiger partial charge >= 0.3 is 6.18 Å². The first-order chi connectivity index (χ1) is 11.6. The third kappa shape index (κ3) is 4.89. The van der Waals surface area contributed by atoms with Gasteiger partial charge in [-0.05, 0) is 50.6 Å². The zero-order valence-corrected chi connectivity index (χ0v) is 14.6. The number of aryl methyl sites for hydroxylation is 2. The summed E-state index contributed by atoms with van der Waals surface area (Å²) in [5.41, 5.74) is 0.505. The highest BCUT2D eigenvalue weighted by atomic mass is 35.5. The summed E-state index contributed by atoms with van der Waals surface area (Å²) in [6.07, 6.45) is -5.61. The summed E-state index contributed by atoms with van der Waals surface area (Å²) in [6, 6.07) is 8.61. The Labute approximate surface area is 148 Å². The van der Waals surface area contributed by atoms with Gasteiger partial charge in [0.15, 0.2) is 6.10 Å². The summed E-state index contributed by atoms with van der Waals surface area (Å²) < 4.78 is 44.8. The Balaban J connectivity index is 2.16. The number of carbonyl (C=O) groups excluding carboxylic acids is 1. The van der Waals surface area contributed by atoms with E-state index in [2.05, 4.69) is 5.32 Å². The van der Waals surface area contributed by atoms with Gasteiger partial charge in [0.1, 0.15) is 5.75 Å². The molecule has 0 bridgehead atoms. The molecule has 2 aromatic carbocycles. The van der Waals surface area contributed by atoms with E-state index in [-0.39, 0.29) is 10.7 Å². The van der Waals surface area contributed by atoms with Crippen LogP contribution < -0.4 is 10.1 Å². The average molecular weight is 372 g/mol. The number of rotatable bonds is 4. The van der Waals surface area contributed by atoms with Gasteiger partial charge < -0.3 is 10.1 Å². The molecule has 0 saturated heterocycles. The number of alkyl halides is 3. The predicted octanol–water partition coefficient (Wildman–Crippen LogP) is 5.38. The lowest BCUT2D eigenvalue weighted by Gasteiger charge is -2.18. The van der Waals surface area contributed by atoms with E-state index in [0.717, 1.165) is 23.3 Å². The van der Waals surface area contributed by atoms with Gasteiger partial charge in [-0.3, -0.25) is 4.79 Å². The van der Waals surface area contributed by atoms with E-state index in [4.69, 9.17) is 16.3 Å². The summed E-state index contributed by atoms with van der Waals surface area (Å²) >= 11 is 5.62. The Bertz CT molecular complexity index is 790. The zero-order valence-electron chi connectivity index (χ0n) is 13.9. The van der Waals surface area contributed by atoms with E-state index in [9.17, 15) is 18.0 Å². The molecule has 0 aromatic heterocycles. The van der Waals surface area contributed by atoms with Gasteiger partial charge in [0.05, 0.1) is 11.3 Å². The van der Waals surface area contributed by atoms with Crippen molar-refractivity contribution in [3.63, 3.8) is 0 Å². The quantitative estimate of drug-likeness (QED) is 0.783. The second-order valence-corrected chi connectivity index (χ2v) is 6.14. The minimum absolute atomic E-state index is 0.0649. The van der Waals surface area contributed by atoms with Gasteiger partial charge in [0, 0.05) is 5.02 Å². The molecule has 2 rings (SSSR count). The van der Waals surface area contributed by atoms with Crippen molar-refractivity contribution in [3.05, 3.63) is 58.1 Å². The molecule has 134 valence electrons. The van der Waals surface area contributed by atoms with Crippen LogP contribution in [0, 0.1) is 13.8 Å². The molecule has 0 fully saturated rings. The lowest BCUT2D eigenvalue weighted by molar-refractivity contribution is -0.137. The van der Waals surface area contributed by atoms with Crippen LogP contribution in [0.5, 0.6) is 5.75 Å². The first-order valence-corrected chi connectivity index (χ1v) is 7.87. The maximum Gasteiger partial charge on any atom is 0.418 e. The van der Waals surface area contributed by atoms with E-state index in [1.54, 1.807) is 6.07 Å². The maximum absolute atomic E-state index is 13.1. The molecule has 0 unspecified atom stereocenters.